The largest absolute Gasteiger partial charge is 0.485 e. The molecule has 1 saturated heterocycles. The lowest BCUT2D eigenvalue weighted by atomic mass is 10.2. The minimum absolute atomic E-state index is 0.150. The molecular weight excluding hydrogens is 392 g/mol. The summed E-state index contributed by atoms with van der Waals surface area (Å²) in [4.78, 5) is 14.8. The predicted octanol–water partition coefficient (Wildman–Crippen LogP) is 1.98. The maximum atomic E-state index is 13.1. The summed E-state index contributed by atoms with van der Waals surface area (Å²) in [5.74, 6) is 0.998. The van der Waals surface area contributed by atoms with Gasteiger partial charge in [0.2, 0.25) is 16.1 Å². The van der Waals surface area contributed by atoms with Gasteiger partial charge in [-0.05, 0) is 43.2 Å². The van der Waals surface area contributed by atoms with Crippen LogP contribution < -0.4 is 9.47 Å². The molecule has 0 unspecified atom stereocenters. The molecule has 4 rings (SSSR count). The van der Waals surface area contributed by atoms with Crippen LogP contribution in [0.1, 0.15) is 11.1 Å². The Bertz CT molecular complexity index is 1030. The highest BCUT2D eigenvalue weighted by molar-refractivity contribution is 7.89. The third-order valence-corrected chi connectivity index (χ3v) is 7.34. The number of hydrogen-bond acceptors (Lipinski definition) is 5. The molecule has 0 aromatic heterocycles. The second kappa shape index (κ2) is 7.68. The third kappa shape index (κ3) is 3.82. The van der Waals surface area contributed by atoms with E-state index in [-0.39, 0.29) is 25.6 Å². The van der Waals surface area contributed by atoms with Crippen molar-refractivity contribution in [1.82, 2.24) is 9.21 Å². The normalized spacial score (nSPS) is 19.8. The van der Waals surface area contributed by atoms with E-state index in [2.05, 4.69) is 0 Å². The highest BCUT2D eigenvalue weighted by Crippen LogP contribution is 2.31. The monoisotopic (exact) mass is 416 g/mol. The fourth-order valence-electron chi connectivity index (χ4n) is 3.62. The fraction of sp³-hybridized carbons (Fsp3) is 0.381. The van der Waals surface area contributed by atoms with Crippen molar-refractivity contribution in [3.8, 4) is 11.5 Å². The minimum Gasteiger partial charge on any atom is -0.485 e. The maximum absolute atomic E-state index is 13.1. The number of fused-ring (bicyclic) bond motifs is 1. The maximum Gasteiger partial charge on any atom is 0.267 e. The van der Waals surface area contributed by atoms with Crippen LogP contribution in [0.25, 0.3) is 0 Å². The van der Waals surface area contributed by atoms with Crippen molar-refractivity contribution in [1.29, 1.82) is 0 Å². The van der Waals surface area contributed by atoms with Crippen LogP contribution in [-0.2, 0) is 14.8 Å². The number of rotatable bonds is 3. The van der Waals surface area contributed by atoms with Crippen LogP contribution in [0.4, 0.5) is 0 Å². The lowest BCUT2D eigenvalue weighted by Crippen LogP contribution is -2.55. The molecule has 2 aliphatic rings. The first kappa shape index (κ1) is 19.7. The van der Waals surface area contributed by atoms with Gasteiger partial charge in [-0.3, -0.25) is 4.79 Å². The fourth-order valence-corrected chi connectivity index (χ4v) is 5.35. The number of hydrogen-bond donors (Lipinski definition) is 0. The second-order valence-corrected chi connectivity index (χ2v) is 9.27. The van der Waals surface area contributed by atoms with Gasteiger partial charge in [0.1, 0.15) is 6.61 Å². The van der Waals surface area contributed by atoms with Crippen LogP contribution in [0.2, 0.25) is 0 Å². The van der Waals surface area contributed by atoms with Crippen LogP contribution in [0.5, 0.6) is 11.5 Å². The van der Waals surface area contributed by atoms with E-state index >= 15 is 0 Å². The Balaban J connectivity index is 1.42. The van der Waals surface area contributed by atoms with E-state index in [1.165, 1.54) is 4.31 Å². The number of aryl methyl sites for hydroxylation is 2. The molecule has 0 N–H and O–H groups in total. The van der Waals surface area contributed by atoms with Gasteiger partial charge >= 0.3 is 0 Å². The van der Waals surface area contributed by atoms with Gasteiger partial charge < -0.3 is 14.4 Å². The molecule has 29 heavy (non-hydrogen) atoms. The number of piperazine rings is 1. The summed E-state index contributed by atoms with van der Waals surface area (Å²) in [5, 5.41) is 0. The summed E-state index contributed by atoms with van der Waals surface area (Å²) in [6, 6.07) is 12.7. The summed E-state index contributed by atoms with van der Waals surface area (Å²) < 4.78 is 39.0. The SMILES string of the molecule is Cc1ccc(C)c(S(=O)(=O)N2CCN(C(=O)[C@H]3COc4ccccc4O3)CC2)c1. The molecule has 1 atom stereocenters. The van der Waals surface area contributed by atoms with Gasteiger partial charge in [-0.1, -0.05) is 24.3 Å². The number of amides is 1. The van der Waals surface area contributed by atoms with Crippen LogP contribution in [-0.4, -0.2) is 62.4 Å². The first-order chi connectivity index (χ1) is 13.9. The number of benzene rings is 2. The topological polar surface area (TPSA) is 76.2 Å². The smallest absolute Gasteiger partial charge is 0.267 e. The molecule has 2 aromatic rings. The standard InChI is InChI=1S/C21H24N2O5S/c1-15-7-8-16(2)20(13-15)29(25,26)23-11-9-22(10-12-23)21(24)19-14-27-17-5-3-4-6-18(17)28-19/h3-8,13,19H,9-12,14H2,1-2H3/t19-/m1/s1. The Hall–Kier alpha value is -2.58. The van der Waals surface area contributed by atoms with Gasteiger partial charge in [0, 0.05) is 26.2 Å². The van der Waals surface area contributed by atoms with E-state index < -0.39 is 16.1 Å². The average Bonchev–Trinajstić information content (AvgIpc) is 2.74. The second-order valence-electron chi connectivity index (χ2n) is 7.36. The number of carbonyl (C=O) groups excluding carboxylic acids is 1. The molecule has 0 bridgehead atoms. The van der Waals surface area contributed by atoms with Crippen molar-refractivity contribution in [3.05, 3.63) is 53.6 Å². The molecule has 0 radical (unpaired) electrons. The van der Waals surface area contributed by atoms with Crippen molar-refractivity contribution < 1.29 is 22.7 Å². The summed E-state index contributed by atoms with van der Waals surface area (Å²) in [7, 11) is -3.59. The molecule has 2 aliphatic heterocycles. The number of sulfonamides is 1. The summed E-state index contributed by atoms with van der Waals surface area (Å²) >= 11 is 0. The highest BCUT2D eigenvalue weighted by Gasteiger charge is 2.35. The Morgan fingerprint density at radius 2 is 1.69 bits per heavy atom. The van der Waals surface area contributed by atoms with Crippen molar-refractivity contribution in [2.45, 2.75) is 24.8 Å². The summed E-state index contributed by atoms with van der Waals surface area (Å²) in [5.41, 5.74) is 1.62. The first-order valence-corrected chi connectivity index (χ1v) is 11.0. The van der Waals surface area contributed by atoms with Gasteiger partial charge in [-0.2, -0.15) is 4.31 Å². The number of ether oxygens (including phenoxy) is 2. The number of carbonyl (C=O) groups is 1. The van der Waals surface area contributed by atoms with Crippen LogP contribution in [0.3, 0.4) is 0 Å². The average molecular weight is 416 g/mol. The zero-order valence-corrected chi connectivity index (χ0v) is 17.3. The van der Waals surface area contributed by atoms with Crippen molar-refractivity contribution in [2.24, 2.45) is 0 Å². The number of para-hydroxylation sites is 2. The van der Waals surface area contributed by atoms with E-state index in [1.807, 2.05) is 31.2 Å². The van der Waals surface area contributed by atoms with Crippen molar-refractivity contribution >= 4 is 15.9 Å². The molecule has 2 heterocycles. The Morgan fingerprint density at radius 3 is 2.41 bits per heavy atom. The molecular formula is C21H24N2O5S. The minimum atomic E-state index is -3.59. The molecule has 1 amide bonds. The molecule has 0 saturated carbocycles. The van der Waals surface area contributed by atoms with E-state index in [4.69, 9.17) is 9.47 Å². The number of nitrogens with zero attached hydrogens (tertiary/aromatic N) is 2. The molecule has 0 spiro atoms. The molecule has 7 nitrogen and oxygen atoms in total. The summed E-state index contributed by atoms with van der Waals surface area (Å²) in [6.07, 6.45) is -0.716. The zero-order chi connectivity index (χ0) is 20.6. The van der Waals surface area contributed by atoms with Gasteiger partial charge in [0.05, 0.1) is 4.90 Å². The van der Waals surface area contributed by atoms with E-state index in [9.17, 15) is 13.2 Å². The quantitative estimate of drug-likeness (QED) is 0.765. The molecule has 8 heteroatoms. The van der Waals surface area contributed by atoms with E-state index in [0.717, 1.165) is 11.1 Å². The predicted molar refractivity (Wildman–Crippen MR) is 108 cm³/mol. The van der Waals surface area contributed by atoms with Gasteiger partial charge in [-0.25, -0.2) is 8.42 Å². The Labute approximate surface area is 170 Å². The van der Waals surface area contributed by atoms with Gasteiger partial charge in [0.25, 0.3) is 5.91 Å². The first-order valence-electron chi connectivity index (χ1n) is 9.61. The van der Waals surface area contributed by atoms with Crippen LogP contribution >= 0.6 is 0 Å². The van der Waals surface area contributed by atoms with Crippen LogP contribution in [0, 0.1) is 13.8 Å². The van der Waals surface area contributed by atoms with Gasteiger partial charge in [-0.15, -0.1) is 0 Å². The Kier molecular flexibility index (Phi) is 5.23. The van der Waals surface area contributed by atoms with E-state index in [0.29, 0.717) is 29.5 Å². The van der Waals surface area contributed by atoms with Crippen molar-refractivity contribution in [3.63, 3.8) is 0 Å². The molecule has 1 fully saturated rings. The lowest BCUT2D eigenvalue weighted by Gasteiger charge is -2.36. The summed E-state index contributed by atoms with van der Waals surface area (Å²) in [6.45, 7) is 4.98. The molecule has 2 aromatic carbocycles. The van der Waals surface area contributed by atoms with Crippen molar-refractivity contribution in [2.75, 3.05) is 32.8 Å². The van der Waals surface area contributed by atoms with E-state index in [1.54, 1.807) is 30.0 Å². The molecule has 0 aliphatic carbocycles. The lowest BCUT2D eigenvalue weighted by molar-refractivity contribution is -0.142. The van der Waals surface area contributed by atoms with Gasteiger partial charge in [0.15, 0.2) is 11.5 Å². The third-order valence-electron chi connectivity index (χ3n) is 5.30. The van der Waals surface area contributed by atoms with Crippen LogP contribution in [0.15, 0.2) is 47.4 Å². The zero-order valence-electron chi connectivity index (χ0n) is 16.5. The highest BCUT2D eigenvalue weighted by atomic mass is 32.2. The molecule has 154 valence electrons. The Morgan fingerprint density at radius 1 is 1.00 bits per heavy atom.